The highest BCUT2D eigenvalue weighted by Crippen LogP contribution is 2.25. The number of hydrogen-bond acceptors (Lipinski definition) is 5. The van der Waals surface area contributed by atoms with Crippen LogP contribution in [0.15, 0.2) is 24.3 Å². The summed E-state index contributed by atoms with van der Waals surface area (Å²) in [5, 5.41) is 13.3. The molecule has 0 radical (unpaired) electrons. The van der Waals surface area contributed by atoms with Gasteiger partial charge in [0.2, 0.25) is 0 Å². The topological polar surface area (TPSA) is 107 Å². The maximum atomic E-state index is 11.5. The van der Waals surface area contributed by atoms with Gasteiger partial charge in [0.1, 0.15) is 0 Å². The summed E-state index contributed by atoms with van der Waals surface area (Å²) in [4.78, 5) is 21.7. The van der Waals surface area contributed by atoms with Crippen LogP contribution in [0.2, 0.25) is 0 Å². The van der Waals surface area contributed by atoms with E-state index in [1.54, 1.807) is 19.9 Å². The molecule has 19 heavy (non-hydrogen) atoms. The van der Waals surface area contributed by atoms with Crippen LogP contribution in [0.1, 0.15) is 13.8 Å². The molecule has 3 N–H and O–H groups in total. The number of nitro groups is 1. The summed E-state index contributed by atoms with van der Waals surface area (Å²) >= 11 is 0. The monoisotopic (exact) mass is 267 g/mol. The van der Waals surface area contributed by atoms with Crippen molar-refractivity contribution in [3.05, 3.63) is 34.4 Å². The van der Waals surface area contributed by atoms with Crippen molar-refractivity contribution in [2.75, 3.05) is 13.2 Å². The first-order valence-corrected chi connectivity index (χ1v) is 5.71. The highest BCUT2D eigenvalue weighted by molar-refractivity contribution is 5.77. The maximum absolute atomic E-state index is 11.5. The van der Waals surface area contributed by atoms with Gasteiger partial charge in [-0.2, -0.15) is 0 Å². The number of carbonyl (C=O) groups excluding carboxylic acids is 1. The second-order valence-electron chi connectivity index (χ2n) is 4.78. The summed E-state index contributed by atoms with van der Waals surface area (Å²) in [5.41, 5.74) is 5.02. The van der Waals surface area contributed by atoms with Gasteiger partial charge in [0, 0.05) is 18.2 Å². The molecular weight excluding hydrogens is 250 g/mol. The molecule has 0 fully saturated rings. The van der Waals surface area contributed by atoms with Crippen LogP contribution in [-0.2, 0) is 4.79 Å². The van der Waals surface area contributed by atoms with Gasteiger partial charge in [-0.05, 0) is 19.9 Å². The molecule has 0 heterocycles. The van der Waals surface area contributed by atoms with Crippen molar-refractivity contribution in [2.24, 2.45) is 5.73 Å². The number of carbonyl (C=O) groups is 1. The Kier molecular flexibility index (Phi) is 4.82. The number of para-hydroxylation sites is 2. The largest absolute Gasteiger partial charge is 0.477 e. The van der Waals surface area contributed by atoms with Gasteiger partial charge in [0.15, 0.2) is 12.4 Å². The van der Waals surface area contributed by atoms with E-state index in [1.807, 2.05) is 0 Å². The van der Waals surface area contributed by atoms with Gasteiger partial charge in [-0.25, -0.2) is 0 Å². The van der Waals surface area contributed by atoms with Crippen LogP contribution in [0.3, 0.4) is 0 Å². The normalized spacial score (nSPS) is 10.9. The fourth-order valence-electron chi connectivity index (χ4n) is 1.25. The molecule has 1 amide bonds. The Morgan fingerprint density at radius 1 is 1.47 bits per heavy atom. The van der Waals surface area contributed by atoms with Gasteiger partial charge in [0.25, 0.3) is 5.91 Å². The van der Waals surface area contributed by atoms with Crippen LogP contribution in [0.5, 0.6) is 5.75 Å². The third-order valence-corrected chi connectivity index (χ3v) is 2.16. The zero-order chi connectivity index (χ0) is 14.5. The second-order valence-corrected chi connectivity index (χ2v) is 4.78. The van der Waals surface area contributed by atoms with Gasteiger partial charge < -0.3 is 15.8 Å². The third kappa shape index (κ3) is 5.35. The van der Waals surface area contributed by atoms with E-state index in [4.69, 9.17) is 10.5 Å². The predicted octanol–water partition coefficient (Wildman–Crippen LogP) is 0.827. The molecule has 0 aliphatic carbocycles. The summed E-state index contributed by atoms with van der Waals surface area (Å²) in [6, 6.07) is 5.89. The van der Waals surface area contributed by atoms with Crippen LogP contribution in [0, 0.1) is 10.1 Å². The molecule has 0 aromatic heterocycles. The molecule has 0 saturated carbocycles. The minimum Gasteiger partial charge on any atom is -0.477 e. The van der Waals surface area contributed by atoms with E-state index in [0.717, 1.165) is 0 Å². The van der Waals surface area contributed by atoms with Crippen molar-refractivity contribution >= 4 is 11.6 Å². The van der Waals surface area contributed by atoms with Gasteiger partial charge in [-0.1, -0.05) is 12.1 Å². The SMILES string of the molecule is CC(C)(N)CNC(=O)COc1ccccc1[N+](=O)[O-]. The van der Waals surface area contributed by atoms with Crippen LogP contribution in [0.25, 0.3) is 0 Å². The Hall–Kier alpha value is -2.15. The van der Waals surface area contributed by atoms with Crippen LogP contribution in [0.4, 0.5) is 5.69 Å². The Labute approximate surface area is 110 Å². The second kappa shape index (κ2) is 6.14. The molecule has 0 bridgehead atoms. The minimum atomic E-state index is -0.559. The van der Waals surface area contributed by atoms with Gasteiger partial charge in [-0.15, -0.1) is 0 Å². The lowest BCUT2D eigenvalue weighted by Crippen LogP contribution is -2.46. The van der Waals surface area contributed by atoms with E-state index in [-0.39, 0.29) is 24.0 Å². The number of amides is 1. The van der Waals surface area contributed by atoms with Crippen molar-refractivity contribution in [1.29, 1.82) is 0 Å². The molecule has 1 rings (SSSR count). The van der Waals surface area contributed by atoms with E-state index < -0.39 is 10.5 Å². The fraction of sp³-hybridized carbons (Fsp3) is 0.417. The zero-order valence-corrected chi connectivity index (χ0v) is 10.9. The number of nitrogens with zero attached hydrogens (tertiary/aromatic N) is 1. The number of hydrogen-bond donors (Lipinski definition) is 2. The number of benzene rings is 1. The number of ether oxygens (including phenoxy) is 1. The van der Waals surface area contributed by atoms with E-state index in [0.29, 0.717) is 6.54 Å². The van der Waals surface area contributed by atoms with Crippen molar-refractivity contribution in [3.63, 3.8) is 0 Å². The van der Waals surface area contributed by atoms with Crippen LogP contribution < -0.4 is 15.8 Å². The molecule has 0 atom stereocenters. The average molecular weight is 267 g/mol. The van der Waals surface area contributed by atoms with Crippen molar-refractivity contribution in [1.82, 2.24) is 5.32 Å². The molecule has 0 aliphatic heterocycles. The maximum Gasteiger partial charge on any atom is 0.310 e. The standard InChI is InChI=1S/C12H17N3O4/c1-12(2,13)8-14-11(16)7-19-10-6-4-3-5-9(10)15(17)18/h3-6H,7-8,13H2,1-2H3,(H,14,16). The first-order valence-electron chi connectivity index (χ1n) is 5.71. The van der Waals surface area contributed by atoms with E-state index in [2.05, 4.69) is 5.32 Å². The lowest BCUT2D eigenvalue weighted by Gasteiger charge is -2.18. The molecule has 104 valence electrons. The summed E-state index contributed by atoms with van der Waals surface area (Å²) in [6.07, 6.45) is 0. The molecule has 7 heteroatoms. The smallest absolute Gasteiger partial charge is 0.310 e. The molecule has 0 aliphatic rings. The quantitative estimate of drug-likeness (QED) is 0.586. The van der Waals surface area contributed by atoms with E-state index >= 15 is 0 Å². The predicted molar refractivity (Wildman–Crippen MR) is 69.9 cm³/mol. The van der Waals surface area contributed by atoms with Gasteiger partial charge >= 0.3 is 5.69 Å². The number of nitrogens with two attached hydrogens (primary N) is 1. The first-order chi connectivity index (χ1) is 8.79. The first kappa shape index (κ1) is 14.9. The van der Waals surface area contributed by atoms with Gasteiger partial charge in [-0.3, -0.25) is 14.9 Å². The molecule has 0 spiro atoms. The Morgan fingerprint density at radius 3 is 2.68 bits per heavy atom. The van der Waals surface area contributed by atoms with Crippen LogP contribution in [-0.4, -0.2) is 29.5 Å². The average Bonchev–Trinajstić information content (AvgIpc) is 2.33. The molecule has 0 saturated heterocycles. The summed E-state index contributed by atoms with van der Waals surface area (Å²) in [7, 11) is 0. The van der Waals surface area contributed by atoms with E-state index in [1.165, 1.54) is 18.2 Å². The number of nitrogens with one attached hydrogen (secondary N) is 1. The summed E-state index contributed by atoms with van der Waals surface area (Å²) in [6.45, 7) is 3.55. The Morgan fingerprint density at radius 2 is 2.11 bits per heavy atom. The van der Waals surface area contributed by atoms with Crippen LogP contribution >= 0.6 is 0 Å². The third-order valence-electron chi connectivity index (χ3n) is 2.16. The Bertz CT molecular complexity index is 468. The molecule has 0 unspecified atom stereocenters. The lowest BCUT2D eigenvalue weighted by atomic mass is 10.1. The molecule has 7 nitrogen and oxygen atoms in total. The van der Waals surface area contributed by atoms with Crippen molar-refractivity contribution in [2.45, 2.75) is 19.4 Å². The van der Waals surface area contributed by atoms with Crippen molar-refractivity contribution < 1.29 is 14.5 Å². The number of rotatable bonds is 6. The minimum absolute atomic E-state index is 0.0645. The highest BCUT2D eigenvalue weighted by atomic mass is 16.6. The number of nitro benzene ring substituents is 1. The highest BCUT2D eigenvalue weighted by Gasteiger charge is 2.16. The Balaban J connectivity index is 2.53. The lowest BCUT2D eigenvalue weighted by molar-refractivity contribution is -0.385. The van der Waals surface area contributed by atoms with Gasteiger partial charge in [0.05, 0.1) is 4.92 Å². The molecule has 1 aromatic carbocycles. The summed E-state index contributed by atoms with van der Waals surface area (Å²) < 4.78 is 5.13. The molecule has 1 aromatic rings. The zero-order valence-electron chi connectivity index (χ0n) is 10.9. The summed E-state index contributed by atoms with van der Waals surface area (Å²) in [5.74, 6) is -0.314. The fourth-order valence-corrected chi connectivity index (χ4v) is 1.25. The van der Waals surface area contributed by atoms with E-state index in [9.17, 15) is 14.9 Å². The van der Waals surface area contributed by atoms with Crippen molar-refractivity contribution in [3.8, 4) is 5.75 Å². The molecular formula is C12H17N3O4.